The number of hydrogen-bond acceptors (Lipinski definition) is 4. The van der Waals surface area contributed by atoms with Gasteiger partial charge in [-0.05, 0) is 37.1 Å². The molecule has 4 unspecified atom stereocenters. The molecule has 0 aromatic rings. The molecule has 4 heteroatoms. The lowest BCUT2D eigenvalue weighted by atomic mass is 9.85. The van der Waals surface area contributed by atoms with Crippen LogP contribution in [0.3, 0.4) is 0 Å². The Morgan fingerprint density at radius 3 is 2.70 bits per heavy atom. The first kappa shape index (κ1) is 17.6. The topological polar surface area (TPSA) is 50.7 Å². The molecule has 4 atom stereocenters. The van der Waals surface area contributed by atoms with E-state index in [1.165, 1.54) is 0 Å². The van der Waals surface area contributed by atoms with Gasteiger partial charge in [-0.3, -0.25) is 0 Å². The second kappa shape index (κ2) is 10.3. The molecular weight excluding hydrogens is 254 g/mol. The van der Waals surface area contributed by atoms with Crippen molar-refractivity contribution in [1.29, 1.82) is 0 Å². The first-order valence-electron chi connectivity index (χ1n) is 7.74. The minimum atomic E-state index is -0.431. The largest absolute Gasteiger partial charge is 0.389 e. The highest BCUT2D eigenvalue weighted by atomic mass is 16.5. The summed E-state index contributed by atoms with van der Waals surface area (Å²) < 4.78 is 10.7. The molecule has 0 amide bonds. The van der Waals surface area contributed by atoms with E-state index in [0.717, 1.165) is 32.6 Å². The number of allylic oxidation sites excluding steroid dienone is 2. The van der Waals surface area contributed by atoms with Gasteiger partial charge in [0.25, 0.3) is 0 Å². The second-order valence-electron chi connectivity index (χ2n) is 6.09. The third-order valence-electron chi connectivity index (χ3n) is 3.88. The van der Waals surface area contributed by atoms with Gasteiger partial charge in [0.05, 0.1) is 19.3 Å². The van der Waals surface area contributed by atoms with Crippen LogP contribution in [0, 0.1) is 17.8 Å². The van der Waals surface area contributed by atoms with Crippen LogP contribution in [0.5, 0.6) is 0 Å². The summed E-state index contributed by atoms with van der Waals surface area (Å²) in [7, 11) is 1.71. The van der Waals surface area contributed by atoms with E-state index in [-0.39, 0.29) is 0 Å². The fraction of sp³-hybridized carbons (Fsp3) is 0.875. The molecule has 0 bridgehead atoms. The molecule has 0 fully saturated rings. The third kappa shape index (κ3) is 7.39. The van der Waals surface area contributed by atoms with Crippen LogP contribution >= 0.6 is 0 Å². The minimum Gasteiger partial charge on any atom is -0.389 e. The van der Waals surface area contributed by atoms with Gasteiger partial charge in [-0.1, -0.05) is 26.0 Å². The lowest BCUT2D eigenvalue weighted by molar-refractivity contribution is 0.0123. The number of ether oxygens (including phenoxy) is 2. The minimum absolute atomic E-state index is 0.415. The molecule has 0 aromatic carbocycles. The van der Waals surface area contributed by atoms with Gasteiger partial charge >= 0.3 is 0 Å². The van der Waals surface area contributed by atoms with E-state index in [1.54, 1.807) is 7.11 Å². The fourth-order valence-electron chi connectivity index (χ4n) is 2.49. The van der Waals surface area contributed by atoms with Crippen molar-refractivity contribution in [3.8, 4) is 0 Å². The highest BCUT2D eigenvalue weighted by Gasteiger charge is 2.18. The van der Waals surface area contributed by atoms with E-state index in [0.29, 0.717) is 30.9 Å². The standard InChI is InChI=1S/C16H31NO3/c1-13(10-19-3)8-17-9-16(18)12-20-11-15-7-5-4-6-14(15)2/h4-5,13-18H,6-12H2,1-3H3. The van der Waals surface area contributed by atoms with Crippen molar-refractivity contribution < 1.29 is 14.6 Å². The van der Waals surface area contributed by atoms with Gasteiger partial charge in [-0.25, -0.2) is 0 Å². The summed E-state index contributed by atoms with van der Waals surface area (Å²) in [5, 5.41) is 13.1. The highest BCUT2D eigenvalue weighted by Crippen LogP contribution is 2.24. The number of hydrogen-bond donors (Lipinski definition) is 2. The van der Waals surface area contributed by atoms with Gasteiger partial charge in [0.15, 0.2) is 0 Å². The van der Waals surface area contributed by atoms with E-state index in [2.05, 4.69) is 31.3 Å². The SMILES string of the molecule is COCC(C)CNCC(O)COCC1CC=CCC1C. The normalized spacial score (nSPS) is 25.6. The summed E-state index contributed by atoms with van der Waals surface area (Å²) in [6.45, 7) is 7.74. The average Bonchev–Trinajstić information content (AvgIpc) is 2.41. The zero-order valence-corrected chi connectivity index (χ0v) is 13.2. The van der Waals surface area contributed by atoms with E-state index in [4.69, 9.17) is 9.47 Å². The maximum Gasteiger partial charge on any atom is 0.0897 e. The quantitative estimate of drug-likeness (QED) is 0.601. The van der Waals surface area contributed by atoms with Crippen LogP contribution < -0.4 is 5.32 Å². The van der Waals surface area contributed by atoms with Crippen molar-refractivity contribution in [1.82, 2.24) is 5.32 Å². The number of methoxy groups -OCH3 is 1. The Balaban J connectivity index is 2.02. The van der Waals surface area contributed by atoms with Gasteiger partial charge in [0.1, 0.15) is 0 Å². The molecule has 2 N–H and O–H groups in total. The van der Waals surface area contributed by atoms with Crippen LogP contribution in [0.2, 0.25) is 0 Å². The summed E-state index contributed by atoms with van der Waals surface area (Å²) in [6.07, 6.45) is 6.31. The smallest absolute Gasteiger partial charge is 0.0897 e. The maximum atomic E-state index is 9.85. The third-order valence-corrected chi connectivity index (χ3v) is 3.88. The molecule has 4 nitrogen and oxygen atoms in total. The Kier molecular flexibility index (Phi) is 9.10. The Bertz CT molecular complexity index is 270. The fourth-order valence-corrected chi connectivity index (χ4v) is 2.49. The summed E-state index contributed by atoms with van der Waals surface area (Å²) in [4.78, 5) is 0. The summed E-state index contributed by atoms with van der Waals surface area (Å²) in [5.41, 5.74) is 0. The number of aliphatic hydroxyl groups excluding tert-OH is 1. The summed E-state index contributed by atoms with van der Waals surface area (Å²) in [6, 6.07) is 0. The Morgan fingerprint density at radius 1 is 1.25 bits per heavy atom. The number of rotatable bonds is 10. The van der Waals surface area contributed by atoms with Gasteiger partial charge in [0, 0.05) is 20.3 Å². The van der Waals surface area contributed by atoms with E-state index < -0.39 is 6.10 Å². The van der Waals surface area contributed by atoms with Crippen molar-refractivity contribution in [2.45, 2.75) is 32.8 Å². The molecule has 0 radical (unpaired) electrons. The molecule has 0 aromatic heterocycles. The molecular formula is C16H31NO3. The van der Waals surface area contributed by atoms with E-state index in [9.17, 15) is 5.11 Å². The molecule has 0 saturated heterocycles. The average molecular weight is 285 g/mol. The summed E-state index contributed by atoms with van der Waals surface area (Å²) >= 11 is 0. The van der Waals surface area contributed by atoms with Crippen LogP contribution in [-0.2, 0) is 9.47 Å². The lowest BCUT2D eigenvalue weighted by Crippen LogP contribution is -2.34. The van der Waals surface area contributed by atoms with Gasteiger partial charge in [0.2, 0.25) is 0 Å². The molecule has 20 heavy (non-hydrogen) atoms. The highest BCUT2D eigenvalue weighted by molar-refractivity contribution is 4.93. The molecule has 1 aliphatic carbocycles. The van der Waals surface area contributed by atoms with Gasteiger partial charge < -0.3 is 19.9 Å². The number of aliphatic hydroxyl groups is 1. The molecule has 1 aliphatic rings. The van der Waals surface area contributed by atoms with Gasteiger partial charge in [-0.15, -0.1) is 0 Å². The molecule has 0 heterocycles. The van der Waals surface area contributed by atoms with Crippen molar-refractivity contribution in [3.05, 3.63) is 12.2 Å². The molecule has 118 valence electrons. The second-order valence-corrected chi connectivity index (χ2v) is 6.09. The van der Waals surface area contributed by atoms with Crippen LogP contribution in [0.25, 0.3) is 0 Å². The molecule has 0 spiro atoms. The van der Waals surface area contributed by atoms with Crippen molar-refractivity contribution in [2.24, 2.45) is 17.8 Å². The molecule has 1 rings (SSSR count). The molecule has 0 aliphatic heterocycles. The predicted molar refractivity (Wildman–Crippen MR) is 81.8 cm³/mol. The molecule has 0 saturated carbocycles. The number of nitrogens with one attached hydrogen (secondary N) is 1. The van der Waals surface area contributed by atoms with Crippen LogP contribution in [0.1, 0.15) is 26.7 Å². The van der Waals surface area contributed by atoms with Crippen LogP contribution in [-0.4, -0.2) is 51.2 Å². The van der Waals surface area contributed by atoms with Crippen LogP contribution in [0.15, 0.2) is 12.2 Å². The van der Waals surface area contributed by atoms with E-state index >= 15 is 0 Å². The lowest BCUT2D eigenvalue weighted by Gasteiger charge is -2.25. The summed E-state index contributed by atoms with van der Waals surface area (Å²) in [5.74, 6) is 1.75. The zero-order chi connectivity index (χ0) is 14.8. The first-order chi connectivity index (χ1) is 9.63. The predicted octanol–water partition coefficient (Wildman–Crippen LogP) is 1.84. The zero-order valence-electron chi connectivity index (χ0n) is 13.2. The maximum absolute atomic E-state index is 9.85. The first-order valence-corrected chi connectivity index (χ1v) is 7.74. The van der Waals surface area contributed by atoms with Gasteiger partial charge in [-0.2, -0.15) is 0 Å². The van der Waals surface area contributed by atoms with Crippen molar-refractivity contribution in [3.63, 3.8) is 0 Å². The van der Waals surface area contributed by atoms with Crippen molar-refractivity contribution >= 4 is 0 Å². The monoisotopic (exact) mass is 285 g/mol. The Morgan fingerprint density at radius 2 is 2.00 bits per heavy atom. The van der Waals surface area contributed by atoms with Crippen LogP contribution in [0.4, 0.5) is 0 Å². The van der Waals surface area contributed by atoms with E-state index in [1.807, 2.05) is 0 Å². The van der Waals surface area contributed by atoms with Crippen molar-refractivity contribution in [2.75, 3.05) is 40.0 Å². The Labute approximate surface area is 123 Å². The Hall–Kier alpha value is -0.420.